The van der Waals surface area contributed by atoms with Crippen LogP contribution in [0.5, 0.6) is 0 Å². The first kappa shape index (κ1) is 12.7. The summed E-state index contributed by atoms with van der Waals surface area (Å²) in [5.41, 5.74) is 0.343. The van der Waals surface area contributed by atoms with Crippen molar-refractivity contribution in [3.63, 3.8) is 0 Å². The molecule has 0 radical (unpaired) electrons. The van der Waals surface area contributed by atoms with Crippen LogP contribution in [0.25, 0.3) is 0 Å². The molecule has 0 saturated heterocycles. The van der Waals surface area contributed by atoms with E-state index in [1.807, 2.05) is 12.3 Å². The summed E-state index contributed by atoms with van der Waals surface area (Å²) in [6.45, 7) is 10.0. The number of pyridine rings is 1. The molecule has 0 aliphatic rings. The van der Waals surface area contributed by atoms with Crippen molar-refractivity contribution in [2.75, 3.05) is 11.9 Å². The molecule has 0 bridgehead atoms. The van der Waals surface area contributed by atoms with Crippen LogP contribution in [0.2, 0.25) is 0 Å². The molecule has 1 aromatic heterocycles. The van der Waals surface area contributed by atoms with Crippen LogP contribution >= 0.6 is 22.6 Å². The molecule has 0 aliphatic heterocycles. The van der Waals surface area contributed by atoms with Gasteiger partial charge >= 0.3 is 0 Å². The summed E-state index contributed by atoms with van der Waals surface area (Å²) < 4.78 is 1.17. The maximum Gasteiger partial charge on any atom is 0.125 e. The van der Waals surface area contributed by atoms with E-state index in [1.54, 1.807) is 0 Å². The molecule has 1 heterocycles. The summed E-state index contributed by atoms with van der Waals surface area (Å²) in [7, 11) is 0. The zero-order valence-corrected chi connectivity index (χ0v) is 12.0. The van der Waals surface area contributed by atoms with Crippen molar-refractivity contribution in [1.29, 1.82) is 0 Å². The minimum absolute atomic E-state index is 0.343. The van der Waals surface area contributed by atoms with Crippen molar-refractivity contribution in [2.24, 2.45) is 11.3 Å². The topological polar surface area (TPSA) is 24.9 Å². The smallest absolute Gasteiger partial charge is 0.125 e. The molecule has 15 heavy (non-hydrogen) atoms. The van der Waals surface area contributed by atoms with Gasteiger partial charge in [0.25, 0.3) is 0 Å². The Labute approximate surface area is 106 Å². The minimum atomic E-state index is 0.343. The number of rotatable bonds is 3. The minimum Gasteiger partial charge on any atom is -0.370 e. The molecule has 1 unspecified atom stereocenters. The van der Waals surface area contributed by atoms with Gasteiger partial charge in [-0.1, -0.05) is 27.7 Å². The highest BCUT2D eigenvalue weighted by Gasteiger charge is 2.19. The number of aromatic nitrogens is 1. The lowest BCUT2D eigenvalue weighted by molar-refractivity contribution is 0.274. The zero-order valence-electron chi connectivity index (χ0n) is 9.84. The highest BCUT2D eigenvalue weighted by atomic mass is 127. The molecule has 1 aromatic rings. The van der Waals surface area contributed by atoms with Crippen molar-refractivity contribution in [3.05, 3.63) is 21.9 Å². The maximum absolute atomic E-state index is 4.31. The second kappa shape index (κ2) is 5.14. The first-order valence-electron chi connectivity index (χ1n) is 5.25. The Balaban J connectivity index is 2.47. The van der Waals surface area contributed by atoms with Gasteiger partial charge in [0.15, 0.2) is 0 Å². The van der Waals surface area contributed by atoms with Gasteiger partial charge in [-0.2, -0.15) is 0 Å². The second-order valence-electron chi connectivity index (χ2n) is 5.01. The predicted molar refractivity (Wildman–Crippen MR) is 74.1 cm³/mol. The Bertz CT molecular complexity index is 300. The molecule has 0 aromatic carbocycles. The van der Waals surface area contributed by atoms with Crippen molar-refractivity contribution in [3.8, 4) is 0 Å². The van der Waals surface area contributed by atoms with E-state index in [9.17, 15) is 0 Å². The second-order valence-corrected chi connectivity index (χ2v) is 6.26. The number of halogens is 1. The molecular weight excluding hydrogens is 299 g/mol. The Hall–Kier alpha value is -0.320. The van der Waals surface area contributed by atoms with Crippen molar-refractivity contribution in [2.45, 2.75) is 27.7 Å². The molecule has 84 valence electrons. The standard InChI is InChI=1S/C12H19IN2/c1-9(12(2,3)4)7-14-11-6-5-10(13)8-15-11/h5-6,8-9H,7H2,1-4H3,(H,14,15). The van der Waals surface area contributed by atoms with Gasteiger partial charge in [-0.05, 0) is 46.1 Å². The Morgan fingerprint density at radius 3 is 2.53 bits per heavy atom. The van der Waals surface area contributed by atoms with Crippen molar-refractivity contribution >= 4 is 28.4 Å². The first-order valence-corrected chi connectivity index (χ1v) is 6.33. The van der Waals surface area contributed by atoms with Gasteiger partial charge in [0.2, 0.25) is 0 Å². The lowest BCUT2D eigenvalue weighted by Gasteiger charge is -2.27. The number of nitrogens with zero attached hydrogens (tertiary/aromatic N) is 1. The summed E-state index contributed by atoms with van der Waals surface area (Å²) in [6, 6.07) is 4.09. The summed E-state index contributed by atoms with van der Waals surface area (Å²) in [5, 5.41) is 3.36. The van der Waals surface area contributed by atoms with E-state index >= 15 is 0 Å². The molecular formula is C12H19IN2. The lowest BCUT2D eigenvalue weighted by Crippen LogP contribution is -2.25. The molecule has 1 atom stereocenters. The summed E-state index contributed by atoms with van der Waals surface area (Å²) >= 11 is 2.26. The highest BCUT2D eigenvalue weighted by Crippen LogP contribution is 2.25. The van der Waals surface area contributed by atoms with Crippen molar-refractivity contribution < 1.29 is 0 Å². The van der Waals surface area contributed by atoms with Crippen LogP contribution in [0.3, 0.4) is 0 Å². The van der Waals surface area contributed by atoms with Crippen LogP contribution in [-0.4, -0.2) is 11.5 Å². The zero-order chi connectivity index (χ0) is 11.5. The van der Waals surface area contributed by atoms with Gasteiger partial charge in [0.1, 0.15) is 5.82 Å². The van der Waals surface area contributed by atoms with E-state index in [4.69, 9.17) is 0 Å². The van der Waals surface area contributed by atoms with Gasteiger partial charge in [-0.15, -0.1) is 0 Å². The van der Waals surface area contributed by atoms with E-state index in [-0.39, 0.29) is 0 Å². The summed E-state index contributed by atoms with van der Waals surface area (Å²) in [5.74, 6) is 1.59. The predicted octanol–water partition coefficient (Wildman–Crippen LogP) is 3.78. The normalized spacial score (nSPS) is 13.7. The van der Waals surface area contributed by atoms with Gasteiger partial charge in [-0.3, -0.25) is 0 Å². The van der Waals surface area contributed by atoms with Crippen molar-refractivity contribution in [1.82, 2.24) is 4.98 Å². The number of hydrogen-bond donors (Lipinski definition) is 1. The van der Waals surface area contributed by atoms with Crippen LogP contribution in [0.15, 0.2) is 18.3 Å². The Morgan fingerprint density at radius 1 is 1.40 bits per heavy atom. The van der Waals surface area contributed by atoms with Gasteiger partial charge < -0.3 is 5.32 Å². The Kier molecular flexibility index (Phi) is 4.37. The highest BCUT2D eigenvalue weighted by molar-refractivity contribution is 14.1. The molecule has 2 nitrogen and oxygen atoms in total. The average Bonchev–Trinajstić information content (AvgIpc) is 2.15. The molecule has 0 amide bonds. The number of anilines is 1. The van der Waals surface area contributed by atoms with E-state index in [2.05, 4.69) is 66.7 Å². The van der Waals surface area contributed by atoms with Crippen LogP contribution in [0, 0.1) is 14.9 Å². The Morgan fingerprint density at radius 2 is 2.07 bits per heavy atom. The fourth-order valence-electron chi connectivity index (χ4n) is 1.04. The lowest BCUT2D eigenvalue weighted by atomic mass is 9.82. The van der Waals surface area contributed by atoms with Gasteiger partial charge in [0.05, 0.1) is 0 Å². The molecule has 3 heteroatoms. The average molecular weight is 318 g/mol. The third-order valence-corrected chi connectivity index (χ3v) is 3.43. The van der Waals surface area contributed by atoms with E-state index < -0.39 is 0 Å². The SMILES string of the molecule is CC(CNc1ccc(I)cn1)C(C)(C)C. The fraction of sp³-hybridized carbons (Fsp3) is 0.583. The van der Waals surface area contributed by atoms with E-state index in [0.717, 1.165) is 12.4 Å². The van der Waals surface area contributed by atoms with Crippen LogP contribution < -0.4 is 5.32 Å². The summed E-state index contributed by atoms with van der Waals surface area (Å²) in [6.07, 6.45) is 1.88. The van der Waals surface area contributed by atoms with Crippen LogP contribution in [-0.2, 0) is 0 Å². The molecule has 0 fully saturated rings. The van der Waals surface area contributed by atoms with Crippen LogP contribution in [0.4, 0.5) is 5.82 Å². The fourth-order valence-corrected chi connectivity index (χ4v) is 1.36. The number of nitrogens with one attached hydrogen (secondary N) is 1. The van der Waals surface area contributed by atoms with E-state index in [0.29, 0.717) is 11.3 Å². The largest absolute Gasteiger partial charge is 0.370 e. The van der Waals surface area contributed by atoms with E-state index in [1.165, 1.54) is 3.57 Å². The third kappa shape index (κ3) is 4.36. The first-order chi connectivity index (χ1) is 6.89. The van der Waals surface area contributed by atoms with Crippen LogP contribution in [0.1, 0.15) is 27.7 Å². The van der Waals surface area contributed by atoms with Gasteiger partial charge in [-0.25, -0.2) is 4.98 Å². The monoisotopic (exact) mass is 318 g/mol. The molecule has 0 aliphatic carbocycles. The quantitative estimate of drug-likeness (QED) is 0.858. The molecule has 0 spiro atoms. The maximum atomic E-state index is 4.31. The number of hydrogen-bond acceptors (Lipinski definition) is 2. The molecule has 1 rings (SSSR count). The molecule has 1 N–H and O–H groups in total. The third-order valence-electron chi connectivity index (χ3n) is 2.80. The molecule has 0 saturated carbocycles. The van der Waals surface area contributed by atoms with Gasteiger partial charge in [0, 0.05) is 16.3 Å². The summed E-state index contributed by atoms with van der Waals surface area (Å²) in [4.78, 5) is 4.31.